The van der Waals surface area contributed by atoms with Crippen LogP contribution in [0, 0.1) is 6.92 Å². The average molecular weight is 259 g/mol. The van der Waals surface area contributed by atoms with E-state index in [1.54, 1.807) is 7.11 Å². The number of anilines is 1. The second kappa shape index (κ2) is 6.38. The minimum Gasteiger partial charge on any atom is -0.383 e. The number of aryl methyl sites for hydroxylation is 1. The van der Waals surface area contributed by atoms with Crippen molar-refractivity contribution in [2.24, 2.45) is 0 Å². The van der Waals surface area contributed by atoms with Crippen LogP contribution in [0.3, 0.4) is 0 Å². The first-order chi connectivity index (χ1) is 9.24. The Morgan fingerprint density at radius 3 is 2.68 bits per heavy atom. The summed E-state index contributed by atoms with van der Waals surface area (Å²) in [6.45, 7) is 4.82. The van der Waals surface area contributed by atoms with Gasteiger partial charge in [-0.25, -0.2) is 4.98 Å². The number of imidazole rings is 1. The molecule has 0 aliphatic rings. The van der Waals surface area contributed by atoms with Crippen molar-refractivity contribution < 1.29 is 4.74 Å². The predicted molar refractivity (Wildman–Crippen MR) is 77.9 cm³/mol. The van der Waals surface area contributed by atoms with E-state index in [4.69, 9.17) is 4.74 Å². The topological polar surface area (TPSA) is 39.1 Å². The van der Waals surface area contributed by atoms with Crippen molar-refractivity contribution in [1.29, 1.82) is 0 Å². The Morgan fingerprint density at radius 2 is 2.05 bits per heavy atom. The van der Waals surface area contributed by atoms with Crippen LogP contribution in [0.2, 0.25) is 0 Å². The van der Waals surface area contributed by atoms with Crippen molar-refractivity contribution in [2.75, 3.05) is 19.0 Å². The molecular formula is C15H21N3O. The first kappa shape index (κ1) is 13.6. The number of benzene rings is 1. The lowest BCUT2D eigenvalue weighted by Crippen LogP contribution is -2.25. The van der Waals surface area contributed by atoms with Crippen molar-refractivity contribution in [2.45, 2.75) is 26.3 Å². The maximum Gasteiger partial charge on any atom is 0.208 e. The van der Waals surface area contributed by atoms with Crippen LogP contribution in [0.4, 0.5) is 5.95 Å². The Kier molecular flexibility index (Phi) is 4.58. The van der Waals surface area contributed by atoms with Crippen molar-refractivity contribution in [3.8, 4) is 5.69 Å². The zero-order valence-electron chi connectivity index (χ0n) is 11.8. The number of aromatic nitrogens is 2. The van der Waals surface area contributed by atoms with E-state index in [1.165, 1.54) is 0 Å². The summed E-state index contributed by atoms with van der Waals surface area (Å²) in [4.78, 5) is 4.55. The number of hydrogen-bond donors (Lipinski definition) is 1. The van der Waals surface area contributed by atoms with Gasteiger partial charge in [0.05, 0.1) is 18.3 Å². The van der Waals surface area contributed by atoms with Gasteiger partial charge in [-0.05, 0) is 25.5 Å². The number of ether oxygens (including phenoxy) is 1. The molecule has 0 fully saturated rings. The SMILES string of the molecule is CCC(COC)Nc1nc(C)cn1-c1ccccc1. The van der Waals surface area contributed by atoms with E-state index in [2.05, 4.69) is 33.9 Å². The van der Waals surface area contributed by atoms with Gasteiger partial charge in [0.25, 0.3) is 0 Å². The lowest BCUT2D eigenvalue weighted by Gasteiger charge is -2.17. The number of nitrogens with zero attached hydrogens (tertiary/aromatic N) is 2. The standard InChI is InChI=1S/C15H21N3O/c1-4-13(11-19-3)17-15-16-12(2)10-18(15)14-8-6-5-7-9-14/h5-10,13H,4,11H2,1-3H3,(H,16,17). The highest BCUT2D eigenvalue weighted by Crippen LogP contribution is 2.17. The van der Waals surface area contributed by atoms with Gasteiger partial charge in [0.1, 0.15) is 0 Å². The first-order valence-electron chi connectivity index (χ1n) is 6.61. The fourth-order valence-electron chi connectivity index (χ4n) is 2.03. The molecular weight excluding hydrogens is 238 g/mol. The van der Waals surface area contributed by atoms with E-state index < -0.39 is 0 Å². The minimum absolute atomic E-state index is 0.272. The van der Waals surface area contributed by atoms with E-state index in [-0.39, 0.29) is 6.04 Å². The number of methoxy groups -OCH3 is 1. The van der Waals surface area contributed by atoms with Crippen molar-refractivity contribution in [1.82, 2.24) is 9.55 Å². The molecule has 1 unspecified atom stereocenters. The van der Waals surface area contributed by atoms with E-state index in [9.17, 15) is 0 Å². The van der Waals surface area contributed by atoms with Gasteiger partial charge in [0, 0.05) is 19.0 Å². The van der Waals surface area contributed by atoms with Gasteiger partial charge in [-0.3, -0.25) is 4.57 Å². The molecule has 1 aromatic carbocycles. The largest absolute Gasteiger partial charge is 0.383 e. The second-order valence-corrected chi connectivity index (χ2v) is 4.62. The zero-order chi connectivity index (χ0) is 13.7. The Hall–Kier alpha value is -1.81. The van der Waals surface area contributed by atoms with Gasteiger partial charge < -0.3 is 10.1 Å². The number of hydrogen-bond acceptors (Lipinski definition) is 3. The number of rotatable bonds is 6. The summed E-state index contributed by atoms with van der Waals surface area (Å²) in [6, 6.07) is 10.5. The van der Waals surface area contributed by atoms with Crippen LogP contribution in [0.25, 0.3) is 5.69 Å². The van der Waals surface area contributed by atoms with E-state index in [0.29, 0.717) is 6.61 Å². The van der Waals surface area contributed by atoms with Crippen LogP contribution < -0.4 is 5.32 Å². The lowest BCUT2D eigenvalue weighted by molar-refractivity contribution is 0.184. The zero-order valence-corrected chi connectivity index (χ0v) is 11.8. The van der Waals surface area contributed by atoms with Crippen LogP contribution in [-0.2, 0) is 4.74 Å². The van der Waals surface area contributed by atoms with Crippen LogP contribution in [0.1, 0.15) is 19.0 Å². The Balaban J connectivity index is 2.26. The van der Waals surface area contributed by atoms with Gasteiger partial charge >= 0.3 is 0 Å². The summed E-state index contributed by atoms with van der Waals surface area (Å²) in [6.07, 6.45) is 3.03. The summed E-state index contributed by atoms with van der Waals surface area (Å²) in [5, 5.41) is 3.44. The van der Waals surface area contributed by atoms with Crippen molar-refractivity contribution in [3.05, 3.63) is 42.2 Å². The van der Waals surface area contributed by atoms with Crippen molar-refractivity contribution in [3.63, 3.8) is 0 Å². The maximum absolute atomic E-state index is 5.22. The third-order valence-electron chi connectivity index (χ3n) is 3.05. The summed E-state index contributed by atoms with van der Waals surface area (Å²) in [7, 11) is 1.72. The Bertz CT molecular complexity index is 507. The smallest absolute Gasteiger partial charge is 0.208 e. The molecule has 4 nitrogen and oxygen atoms in total. The Morgan fingerprint density at radius 1 is 1.32 bits per heavy atom. The highest BCUT2D eigenvalue weighted by molar-refractivity contribution is 5.43. The van der Waals surface area contributed by atoms with Gasteiger partial charge in [-0.1, -0.05) is 25.1 Å². The van der Waals surface area contributed by atoms with Gasteiger partial charge in [0.15, 0.2) is 0 Å². The molecule has 0 amide bonds. The molecule has 0 aliphatic heterocycles. The fraction of sp³-hybridized carbons (Fsp3) is 0.400. The molecule has 1 N–H and O–H groups in total. The number of para-hydroxylation sites is 1. The lowest BCUT2D eigenvalue weighted by atomic mass is 10.2. The Labute approximate surface area is 114 Å². The molecule has 4 heteroatoms. The van der Waals surface area contributed by atoms with Crippen LogP contribution >= 0.6 is 0 Å². The quantitative estimate of drug-likeness (QED) is 0.866. The molecule has 2 rings (SSSR count). The van der Waals surface area contributed by atoms with E-state index >= 15 is 0 Å². The molecule has 1 aromatic heterocycles. The summed E-state index contributed by atoms with van der Waals surface area (Å²) >= 11 is 0. The van der Waals surface area contributed by atoms with E-state index in [0.717, 1.165) is 23.8 Å². The maximum atomic E-state index is 5.22. The molecule has 0 saturated carbocycles. The monoisotopic (exact) mass is 259 g/mol. The third kappa shape index (κ3) is 3.35. The summed E-state index contributed by atoms with van der Waals surface area (Å²) in [5.41, 5.74) is 2.11. The molecule has 19 heavy (non-hydrogen) atoms. The second-order valence-electron chi connectivity index (χ2n) is 4.62. The molecule has 1 atom stereocenters. The minimum atomic E-state index is 0.272. The average Bonchev–Trinajstić information content (AvgIpc) is 2.80. The predicted octanol–water partition coefficient (Wildman–Crippen LogP) is 3.02. The third-order valence-corrected chi connectivity index (χ3v) is 3.05. The molecule has 0 spiro atoms. The van der Waals surface area contributed by atoms with Gasteiger partial charge in [-0.15, -0.1) is 0 Å². The number of nitrogens with one attached hydrogen (secondary N) is 1. The molecule has 1 heterocycles. The van der Waals surface area contributed by atoms with Crippen LogP contribution in [0.15, 0.2) is 36.5 Å². The molecule has 0 saturated heterocycles. The van der Waals surface area contributed by atoms with E-state index in [1.807, 2.05) is 31.3 Å². The van der Waals surface area contributed by atoms with Crippen LogP contribution in [-0.4, -0.2) is 29.3 Å². The summed E-state index contributed by atoms with van der Waals surface area (Å²) in [5.74, 6) is 0.868. The highest BCUT2D eigenvalue weighted by Gasteiger charge is 2.12. The van der Waals surface area contributed by atoms with Gasteiger partial charge in [-0.2, -0.15) is 0 Å². The summed E-state index contributed by atoms with van der Waals surface area (Å²) < 4.78 is 7.30. The molecule has 0 radical (unpaired) electrons. The molecule has 2 aromatic rings. The first-order valence-corrected chi connectivity index (χ1v) is 6.61. The van der Waals surface area contributed by atoms with Crippen molar-refractivity contribution >= 4 is 5.95 Å². The molecule has 0 bridgehead atoms. The molecule has 0 aliphatic carbocycles. The fourth-order valence-corrected chi connectivity index (χ4v) is 2.03. The van der Waals surface area contributed by atoms with Gasteiger partial charge in [0.2, 0.25) is 5.95 Å². The normalized spacial score (nSPS) is 12.4. The highest BCUT2D eigenvalue weighted by atomic mass is 16.5. The molecule has 102 valence electrons. The van der Waals surface area contributed by atoms with Crippen LogP contribution in [0.5, 0.6) is 0 Å².